The lowest BCUT2D eigenvalue weighted by atomic mass is 10.1. The Morgan fingerprint density at radius 1 is 1.16 bits per heavy atom. The highest BCUT2D eigenvalue weighted by Gasteiger charge is 2.25. The van der Waals surface area contributed by atoms with E-state index in [1.807, 2.05) is 0 Å². The van der Waals surface area contributed by atoms with E-state index in [0.717, 1.165) is 50.7 Å². The molecule has 1 aliphatic carbocycles. The van der Waals surface area contributed by atoms with E-state index in [1.165, 1.54) is 12.3 Å². The van der Waals surface area contributed by atoms with E-state index in [-0.39, 0.29) is 29.4 Å². The lowest BCUT2D eigenvalue weighted by Gasteiger charge is -2.21. The van der Waals surface area contributed by atoms with Gasteiger partial charge in [-0.05, 0) is 31.0 Å². The van der Waals surface area contributed by atoms with Crippen LogP contribution < -0.4 is 16.2 Å². The van der Waals surface area contributed by atoms with Crippen molar-refractivity contribution in [3.8, 4) is 0 Å². The molecule has 3 N–H and O–H groups in total. The van der Waals surface area contributed by atoms with Crippen molar-refractivity contribution in [1.82, 2.24) is 15.0 Å². The Morgan fingerprint density at radius 3 is 2.62 bits per heavy atom. The van der Waals surface area contributed by atoms with E-state index < -0.39 is 23.1 Å². The second-order valence-corrected chi connectivity index (χ2v) is 7.99. The minimum Gasteiger partial charge on any atom is -0.423 e. The van der Waals surface area contributed by atoms with Crippen LogP contribution in [-0.4, -0.2) is 26.9 Å². The number of anilines is 1. The number of nitrogens with zero attached hydrogens (tertiary/aromatic N) is 2. The number of carbonyl (C=O) groups is 1. The number of fused-ring (bicyclic) bond motifs is 1. The third-order valence-corrected chi connectivity index (χ3v) is 5.80. The molecule has 1 amide bonds. The first-order valence-corrected chi connectivity index (χ1v) is 10.7. The molecule has 2 heterocycles. The molecule has 168 valence electrons. The predicted molar refractivity (Wildman–Crippen MR) is 116 cm³/mol. The Balaban J connectivity index is 1.72. The maximum atomic E-state index is 14.0. The Bertz CT molecular complexity index is 1200. The third-order valence-electron chi connectivity index (χ3n) is 5.80. The second kappa shape index (κ2) is 9.33. The van der Waals surface area contributed by atoms with Crippen molar-refractivity contribution in [1.29, 1.82) is 0 Å². The SMILES string of the molecule is O=C(NCc1ccc(F)cc1F)c1c(NC2CCCCCC2)c2cccnc2n(O)c1=O. The molecular weight excluding hydrogens is 418 g/mol. The molecule has 0 radical (unpaired) electrons. The summed E-state index contributed by atoms with van der Waals surface area (Å²) in [6, 6.07) is 6.43. The Hall–Kier alpha value is -3.49. The van der Waals surface area contributed by atoms with Crippen LogP contribution in [0, 0.1) is 11.6 Å². The highest BCUT2D eigenvalue weighted by atomic mass is 19.1. The minimum absolute atomic E-state index is 0.0368. The molecule has 0 unspecified atom stereocenters. The molecule has 7 nitrogen and oxygen atoms in total. The van der Waals surface area contributed by atoms with Crippen molar-refractivity contribution in [2.24, 2.45) is 0 Å². The first-order valence-electron chi connectivity index (χ1n) is 10.7. The molecule has 1 aliphatic rings. The lowest BCUT2D eigenvalue weighted by molar-refractivity contribution is 0.0944. The molecule has 0 saturated heterocycles. The van der Waals surface area contributed by atoms with E-state index in [2.05, 4.69) is 15.6 Å². The van der Waals surface area contributed by atoms with E-state index in [1.54, 1.807) is 12.1 Å². The summed E-state index contributed by atoms with van der Waals surface area (Å²) in [7, 11) is 0. The van der Waals surface area contributed by atoms with E-state index in [9.17, 15) is 23.6 Å². The largest absolute Gasteiger partial charge is 0.423 e. The summed E-state index contributed by atoms with van der Waals surface area (Å²) in [5, 5.41) is 16.6. The van der Waals surface area contributed by atoms with Crippen molar-refractivity contribution in [2.75, 3.05) is 5.32 Å². The van der Waals surface area contributed by atoms with Gasteiger partial charge in [-0.15, -0.1) is 4.73 Å². The zero-order valence-corrected chi connectivity index (χ0v) is 17.4. The highest BCUT2D eigenvalue weighted by molar-refractivity contribution is 6.06. The van der Waals surface area contributed by atoms with Gasteiger partial charge in [0.2, 0.25) is 0 Å². The number of hydrogen-bond acceptors (Lipinski definition) is 5. The van der Waals surface area contributed by atoms with Gasteiger partial charge in [0, 0.05) is 35.8 Å². The first-order chi connectivity index (χ1) is 15.5. The van der Waals surface area contributed by atoms with Gasteiger partial charge in [-0.2, -0.15) is 0 Å². The molecule has 4 rings (SSSR count). The number of carbonyl (C=O) groups excluding carboxylic acids is 1. The molecule has 3 aromatic rings. The zero-order chi connectivity index (χ0) is 22.7. The number of pyridine rings is 2. The van der Waals surface area contributed by atoms with Gasteiger partial charge in [0.1, 0.15) is 17.2 Å². The average molecular weight is 442 g/mol. The number of nitrogens with one attached hydrogen (secondary N) is 2. The monoisotopic (exact) mass is 442 g/mol. The van der Waals surface area contributed by atoms with Gasteiger partial charge in [-0.25, -0.2) is 13.8 Å². The van der Waals surface area contributed by atoms with Gasteiger partial charge >= 0.3 is 0 Å². The van der Waals surface area contributed by atoms with Gasteiger partial charge < -0.3 is 15.8 Å². The summed E-state index contributed by atoms with van der Waals surface area (Å²) in [6.45, 7) is -0.246. The van der Waals surface area contributed by atoms with Crippen LogP contribution in [-0.2, 0) is 6.54 Å². The van der Waals surface area contributed by atoms with E-state index in [4.69, 9.17) is 0 Å². The van der Waals surface area contributed by atoms with Crippen LogP contribution in [0.5, 0.6) is 0 Å². The predicted octanol–water partition coefficient (Wildman–Crippen LogP) is 3.98. The summed E-state index contributed by atoms with van der Waals surface area (Å²) in [6.07, 6.45) is 7.58. The van der Waals surface area contributed by atoms with Crippen LogP contribution >= 0.6 is 0 Å². The summed E-state index contributed by atoms with van der Waals surface area (Å²) in [5.41, 5.74) is -0.795. The van der Waals surface area contributed by atoms with Crippen LogP contribution in [0.25, 0.3) is 11.0 Å². The Kier molecular flexibility index (Phi) is 6.34. The van der Waals surface area contributed by atoms with Crippen LogP contribution in [0.1, 0.15) is 54.4 Å². The zero-order valence-electron chi connectivity index (χ0n) is 17.4. The number of rotatable bonds is 5. The van der Waals surface area contributed by atoms with E-state index in [0.29, 0.717) is 15.8 Å². The fourth-order valence-corrected chi connectivity index (χ4v) is 4.12. The molecule has 1 fully saturated rings. The van der Waals surface area contributed by atoms with Gasteiger partial charge in [0.05, 0.1) is 5.69 Å². The van der Waals surface area contributed by atoms with Gasteiger partial charge in [-0.3, -0.25) is 9.59 Å². The third kappa shape index (κ3) is 4.42. The number of benzene rings is 1. The maximum absolute atomic E-state index is 14.0. The number of amides is 1. The molecule has 32 heavy (non-hydrogen) atoms. The maximum Gasteiger partial charge on any atom is 0.299 e. The van der Waals surface area contributed by atoms with Gasteiger partial charge in [0.25, 0.3) is 11.5 Å². The van der Waals surface area contributed by atoms with Crippen LogP contribution in [0.3, 0.4) is 0 Å². The standard InChI is InChI=1S/C23H24F2N4O3/c24-15-10-9-14(18(25)12-15)13-27-22(30)19-20(28-16-6-3-1-2-4-7-16)17-8-5-11-26-21(17)29(32)23(19)31/h5,8-12,16,28,32H,1-4,6-7,13H2,(H,27,30). The average Bonchev–Trinajstić information content (AvgIpc) is 3.05. The Morgan fingerprint density at radius 2 is 1.91 bits per heavy atom. The molecule has 1 saturated carbocycles. The number of hydrogen-bond donors (Lipinski definition) is 3. The summed E-state index contributed by atoms with van der Waals surface area (Å²) < 4.78 is 27.5. The number of aromatic nitrogens is 2. The molecule has 1 aromatic carbocycles. The molecule has 0 spiro atoms. The van der Waals surface area contributed by atoms with Crippen molar-refractivity contribution >= 4 is 22.6 Å². The molecule has 2 aromatic heterocycles. The summed E-state index contributed by atoms with van der Waals surface area (Å²) >= 11 is 0. The summed E-state index contributed by atoms with van der Waals surface area (Å²) in [5.74, 6) is -2.30. The highest BCUT2D eigenvalue weighted by Crippen LogP contribution is 2.28. The fourth-order valence-electron chi connectivity index (χ4n) is 4.12. The first kappa shape index (κ1) is 21.7. The molecule has 0 aliphatic heterocycles. The van der Waals surface area contributed by atoms with Gasteiger partial charge in [0.15, 0.2) is 5.65 Å². The normalized spacial score (nSPS) is 14.8. The van der Waals surface area contributed by atoms with Crippen molar-refractivity contribution in [2.45, 2.75) is 51.1 Å². The fraction of sp³-hybridized carbons (Fsp3) is 0.348. The summed E-state index contributed by atoms with van der Waals surface area (Å²) in [4.78, 5) is 30.1. The quantitative estimate of drug-likeness (QED) is 0.410. The van der Waals surface area contributed by atoms with Crippen LogP contribution in [0.2, 0.25) is 0 Å². The van der Waals surface area contributed by atoms with Crippen molar-refractivity contribution < 1.29 is 18.8 Å². The van der Waals surface area contributed by atoms with Crippen molar-refractivity contribution in [3.63, 3.8) is 0 Å². The van der Waals surface area contributed by atoms with Crippen LogP contribution in [0.15, 0.2) is 41.3 Å². The smallest absolute Gasteiger partial charge is 0.299 e. The lowest BCUT2D eigenvalue weighted by Crippen LogP contribution is -2.35. The molecule has 0 atom stereocenters. The molecule has 9 heteroatoms. The second-order valence-electron chi connectivity index (χ2n) is 7.99. The number of halogens is 2. The molecular formula is C23H24F2N4O3. The van der Waals surface area contributed by atoms with Gasteiger partial charge in [-0.1, -0.05) is 31.7 Å². The topological polar surface area (TPSA) is 96.2 Å². The van der Waals surface area contributed by atoms with E-state index >= 15 is 0 Å². The Labute approximate surface area is 183 Å². The molecule has 0 bridgehead atoms. The van der Waals surface area contributed by atoms with Crippen LogP contribution in [0.4, 0.5) is 14.5 Å². The van der Waals surface area contributed by atoms with Crippen molar-refractivity contribution in [3.05, 3.63) is 69.6 Å². The minimum atomic E-state index is -0.926.